The van der Waals surface area contributed by atoms with Gasteiger partial charge in [0.15, 0.2) is 5.78 Å². The number of rotatable bonds is 5. The number of Topliss-reactive ketones (excluding diaryl/α,β-unsaturated/α-hetero) is 1. The summed E-state index contributed by atoms with van der Waals surface area (Å²) in [4.78, 5) is 25.6. The SMILES string of the molecule is CC(=O)c1ccc(NC(=O)N(CCO)C2CCCCC2)cc1Cl. The third-order valence-corrected chi connectivity index (χ3v) is 4.53. The average Bonchev–Trinajstić information content (AvgIpc) is 2.53. The lowest BCUT2D eigenvalue weighted by Gasteiger charge is -2.34. The Morgan fingerprint density at radius 2 is 2.00 bits per heavy atom. The summed E-state index contributed by atoms with van der Waals surface area (Å²) in [5.41, 5.74) is 0.980. The van der Waals surface area contributed by atoms with Crippen LogP contribution in [-0.4, -0.2) is 41.0 Å². The Balaban J connectivity index is 2.08. The largest absolute Gasteiger partial charge is 0.395 e. The van der Waals surface area contributed by atoms with E-state index in [1.54, 1.807) is 23.1 Å². The Morgan fingerprint density at radius 3 is 2.57 bits per heavy atom. The lowest BCUT2D eigenvalue weighted by molar-refractivity contribution is 0.101. The number of anilines is 1. The Labute approximate surface area is 141 Å². The zero-order valence-corrected chi connectivity index (χ0v) is 14.1. The molecule has 1 aliphatic rings. The van der Waals surface area contributed by atoms with E-state index in [0.717, 1.165) is 25.7 Å². The molecule has 1 aromatic rings. The minimum Gasteiger partial charge on any atom is -0.395 e. The maximum absolute atomic E-state index is 12.5. The molecule has 0 spiro atoms. The van der Waals surface area contributed by atoms with E-state index < -0.39 is 0 Å². The number of carbonyl (C=O) groups excluding carboxylic acids is 2. The molecule has 0 heterocycles. The first-order valence-corrected chi connectivity index (χ1v) is 8.39. The highest BCUT2D eigenvalue weighted by atomic mass is 35.5. The van der Waals surface area contributed by atoms with Crippen molar-refractivity contribution >= 4 is 29.1 Å². The molecule has 0 bridgehead atoms. The van der Waals surface area contributed by atoms with Crippen LogP contribution in [0.2, 0.25) is 5.02 Å². The summed E-state index contributed by atoms with van der Waals surface area (Å²) < 4.78 is 0. The van der Waals surface area contributed by atoms with E-state index in [2.05, 4.69) is 5.32 Å². The molecule has 1 fully saturated rings. The summed E-state index contributed by atoms with van der Waals surface area (Å²) in [6, 6.07) is 4.78. The second-order valence-corrected chi connectivity index (χ2v) is 6.30. The van der Waals surface area contributed by atoms with E-state index in [0.29, 0.717) is 22.8 Å². The number of ketones is 1. The maximum atomic E-state index is 12.5. The first-order valence-electron chi connectivity index (χ1n) is 8.02. The molecule has 0 unspecified atom stereocenters. The minimum absolute atomic E-state index is 0.0616. The molecule has 6 heteroatoms. The molecule has 2 amide bonds. The number of urea groups is 1. The standard InChI is InChI=1S/C17H23ClN2O3/c1-12(22)15-8-7-13(11-16(15)18)19-17(23)20(9-10-21)14-5-3-2-4-6-14/h7-8,11,14,21H,2-6,9-10H2,1H3,(H,19,23). The monoisotopic (exact) mass is 338 g/mol. The van der Waals surface area contributed by atoms with Crippen LogP contribution >= 0.6 is 11.6 Å². The summed E-state index contributed by atoms with van der Waals surface area (Å²) in [6.07, 6.45) is 5.36. The Bertz CT molecular complexity index is 571. The molecule has 1 aromatic carbocycles. The molecule has 0 saturated heterocycles. The second-order valence-electron chi connectivity index (χ2n) is 5.89. The van der Waals surface area contributed by atoms with Crippen molar-refractivity contribution in [1.82, 2.24) is 4.90 Å². The molecule has 23 heavy (non-hydrogen) atoms. The van der Waals surface area contributed by atoms with Gasteiger partial charge in [-0.15, -0.1) is 0 Å². The molecule has 126 valence electrons. The van der Waals surface area contributed by atoms with Gasteiger partial charge in [-0.05, 0) is 38.0 Å². The van der Waals surface area contributed by atoms with E-state index in [9.17, 15) is 14.7 Å². The van der Waals surface area contributed by atoms with Gasteiger partial charge in [0, 0.05) is 23.8 Å². The van der Waals surface area contributed by atoms with Gasteiger partial charge in [-0.25, -0.2) is 4.79 Å². The molecular weight excluding hydrogens is 316 g/mol. The number of aliphatic hydroxyl groups excluding tert-OH is 1. The molecule has 5 nitrogen and oxygen atoms in total. The van der Waals surface area contributed by atoms with Crippen molar-refractivity contribution in [2.45, 2.75) is 45.1 Å². The third kappa shape index (κ3) is 4.69. The average molecular weight is 339 g/mol. The zero-order valence-electron chi connectivity index (χ0n) is 13.3. The maximum Gasteiger partial charge on any atom is 0.322 e. The van der Waals surface area contributed by atoms with E-state index in [-0.39, 0.29) is 24.5 Å². The first-order chi connectivity index (χ1) is 11.0. The fourth-order valence-electron chi connectivity index (χ4n) is 3.02. The van der Waals surface area contributed by atoms with Gasteiger partial charge in [0.25, 0.3) is 0 Å². The molecule has 0 aromatic heterocycles. The van der Waals surface area contributed by atoms with Gasteiger partial charge in [-0.3, -0.25) is 4.79 Å². The van der Waals surface area contributed by atoms with Crippen molar-refractivity contribution in [3.05, 3.63) is 28.8 Å². The van der Waals surface area contributed by atoms with Crippen LogP contribution in [0.1, 0.15) is 49.4 Å². The highest BCUT2D eigenvalue weighted by Gasteiger charge is 2.25. The fraction of sp³-hybridized carbons (Fsp3) is 0.529. The second kappa shape index (κ2) is 8.31. The molecule has 1 saturated carbocycles. The number of hydrogen-bond donors (Lipinski definition) is 2. The van der Waals surface area contributed by atoms with Crippen molar-refractivity contribution in [3.63, 3.8) is 0 Å². The highest BCUT2D eigenvalue weighted by molar-refractivity contribution is 6.34. The molecule has 0 radical (unpaired) electrons. The number of hydrogen-bond acceptors (Lipinski definition) is 3. The van der Waals surface area contributed by atoms with Crippen LogP contribution in [-0.2, 0) is 0 Å². The zero-order chi connectivity index (χ0) is 16.8. The van der Waals surface area contributed by atoms with Gasteiger partial charge in [0.1, 0.15) is 0 Å². The summed E-state index contributed by atoms with van der Waals surface area (Å²) >= 11 is 6.07. The molecule has 2 rings (SSSR count). The quantitative estimate of drug-likeness (QED) is 0.804. The normalized spacial score (nSPS) is 15.3. The van der Waals surface area contributed by atoms with Gasteiger partial charge in [-0.2, -0.15) is 0 Å². The summed E-state index contributed by atoms with van der Waals surface area (Å²) in [5.74, 6) is -0.114. The lowest BCUT2D eigenvalue weighted by atomic mass is 9.94. The first kappa shape index (κ1) is 17.8. The molecular formula is C17H23ClN2O3. The minimum atomic E-state index is -0.238. The van der Waals surface area contributed by atoms with E-state index in [1.165, 1.54) is 13.3 Å². The van der Waals surface area contributed by atoms with Crippen molar-refractivity contribution in [1.29, 1.82) is 0 Å². The van der Waals surface area contributed by atoms with Gasteiger partial charge < -0.3 is 15.3 Å². The number of halogens is 1. The highest BCUT2D eigenvalue weighted by Crippen LogP contribution is 2.25. The summed E-state index contributed by atoms with van der Waals surface area (Å²) in [5, 5.41) is 12.4. The number of aliphatic hydroxyl groups is 1. The molecule has 0 aliphatic heterocycles. The van der Waals surface area contributed by atoms with Crippen LogP contribution in [0.25, 0.3) is 0 Å². The van der Waals surface area contributed by atoms with Crippen LogP contribution in [0.4, 0.5) is 10.5 Å². The van der Waals surface area contributed by atoms with Crippen molar-refractivity contribution in [2.24, 2.45) is 0 Å². The number of nitrogens with one attached hydrogen (secondary N) is 1. The lowest BCUT2D eigenvalue weighted by Crippen LogP contribution is -2.45. The molecule has 1 aliphatic carbocycles. The van der Waals surface area contributed by atoms with Crippen LogP contribution in [0.3, 0.4) is 0 Å². The van der Waals surface area contributed by atoms with E-state index >= 15 is 0 Å². The Hall–Kier alpha value is -1.59. The summed E-state index contributed by atoms with van der Waals surface area (Å²) in [7, 11) is 0. The third-order valence-electron chi connectivity index (χ3n) is 4.22. The molecule has 0 atom stereocenters. The van der Waals surface area contributed by atoms with Gasteiger partial charge in [0.2, 0.25) is 0 Å². The van der Waals surface area contributed by atoms with Crippen LogP contribution in [0.15, 0.2) is 18.2 Å². The summed E-state index contributed by atoms with van der Waals surface area (Å²) in [6.45, 7) is 1.70. The van der Waals surface area contributed by atoms with E-state index in [1.807, 2.05) is 0 Å². The fourth-order valence-corrected chi connectivity index (χ4v) is 3.34. The Morgan fingerprint density at radius 1 is 1.30 bits per heavy atom. The van der Waals surface area contributed by atoms with Gasteiger partial charge in [0.05, 0.1) is 11.6 Å². The van der Waals surface area contributed by atoms with Gasteiger partial charge in [-0.1, -0.05) is 30.9 Å². The van der Waals surface area contributed by atoms with Crippen molar-refractivity contribution in [2.75, 3.05) is 18.5 Å². The molecule has 2 N–H and O–H groups in total. The van der Waals surface area contributed by atoms with Gasteiger partial charge >= 0.3 is 6.03 Å². The smallest absolute Gasteiger partial charge is 0.322 e. The van der Waals surface area contributed by atoms with E-state index in [4.69, 9.17) is 11.6 Å². The number of carbonyl (C=O) groups is 2. The van der Waals surface area contributed by atoms with Crippen LogP contribution in [0, 0.1) is 0 Å². The number of benzene rings is 1. The van der Waals surface area contributed by atoms with Crippen LogP contribution < -0.4 is 5.32 Å². The predicted molar refractivity (Wildman–Crippen MR) is 91.1 cm³/mol. The Kier molecular flexibility index (Phi) is 6.42. The van der Waals surface area contributed by atoms with Crippen molar-refractivity contribution in [3.8, 4) is 0 Å². The van der Waals surface area contributed by atoms with Crippen molar-refractivity contribution < 1.29 is 14.7 Å². The number of nitrogens with zero attached hydrogens (tertiary/aromatic N) is 1. The predicted octanol–water partition coefficient (Wildman–Crippen LogP) is 3.70. The number of amides is 2. The van der Waals surface area contributed by atoms with Crippen LogP contribution in [0.5, 0.6) is 0 Å². The topological polar surface area (TPSA) is 69.6 Å².